The van der Waals surface area contributed by atoms with Gasteiger partial charge in [0.2, 0.25) is 5.92 Å². The van der Waals surface area contributed by atoms with E-state index >= 15 is 0 Å². The van der Waals surface area contributed by atoms with Gasteiger partial charge in [-0.3, -0.25) is 4.72 Å². The molecule has 2 N–H and O–H groups in total. The Labute approximate surface area is 210 Å². The lowest BCUT2D eigenvalue weighted by Gasteiger charge is -2.28. The van der Waals surface area contributed by atoms with Gasteiger partial charge >= 0.3 is 5.97 Å². The number of aryl methyl sites for hydroxylation is 1. The number of aromatic nitrogens is 1. The van der Waals surface area contributed by atoms with Crippen LogP contribution >= 0.6 is 11.3 Å². The molecule has 0 spiro atoms. The number of alkyl halides is 2. The van der Waals surface area contributed by atoms with Crippen molar-refractivity contribution in [1.29, 1.82) is 0 Å². The Balaban J connectivity index is 1.57. The number of carboxylic acid groups (broad SMARTS) is 1. The van der Waals surface area contributed by atoms with E-state index in [1.165, 1.54) is 7.11 Å². The molecule has 12 heteroatoms. The Bertz CT molecular complexity index is 1400. The minimum Gasteiger partial charge on any atom is -0.495 e. The molecule has 0 radical (unpaired) electrons. The Hall–Kier alpha value is -3.12. The summed E-state index contributed by atoms with van der Waals surface area (Å²) in [6.07, 6.45) is 0.558. The SMILES string of the molecule is COc1cc(C(=O)O)c(F)cc1NS(=O)(=O)c1nc(-c2ccc(C3CCC(F)(F)CC3)cc2)sc1C. The molecule has 1 fully saturated rings. The minimum absolute atomic E-state index is 0.0553. The number of thiazole rings is 1. The number of benzene rings is 2. The predicted octanol–water partition coefficient (Wildman–Crippen LogP) is 6.06. The van der Waals surface area contributed by atoms with Gasteiger partial charge in [0.25, 0.3) is 10.0 Å². The number of nitrogens with zero attached hydrogens (tertiary/aromatic N) is 1. The summed E-state index contributed by atoms with van der Waals surface area (Å²) in [6.45, 7) is 1.58. The van der Waals surface area contributed by atoms with E-state index in [1.54, 1.807) is 19.1 Å². The third-order valence-corrected chi connectivity index (χ3v) is 8.66. The average Bonchev–Trinajstić information content (AvgIpc) is 3.21. The third kappa shape index (κ3) is 5.34. The highest BCUT2D eigenvalue weighted by Crippen LogP contribution is 2.41. The van der Waals surface area contributed by atoms with Gasteiger partial charge in [0.05, 0.1) is 18.4 Å². The first kappa shape index (κ1) is 26.0. The second kappa shape index (κ2) is 9.74. The smallest absolute Gasteiger partial charge is 0.338 e. The number of rotatable bonds is 7. The Morgan fingerprint density at radius 2 is 1.83 bits per heavy atom. The van der Waals surface area contributed by atoms with Gasteiger partial charge < -0.3 is 9.84 Å². The van der Waals surface area contributed by atoms with Crippen LogP contribution in [0.3, 0.4) is 0 Å². The molecule has 2 aromatic carbocycles. The molecular formula is C24H23F3N2O5S2. The zero-order valence-electron chi connectivity index (χ0n) is 19.3. The molecule has 1 aliphatic rings. The Morgan fingerprint density at radius 1 is 1.19 bits per heavy atom. The molecule has 0 amide bonds. The molecule has 0 bridgehead atoms. The lowest BCUT2D eigenvalue weighted by molar-refractivity contribution is -0.0382. The van der Waals surface area contributed by atoms with Crippen molar-refractivity contribution in [2.24, 2.45) is 0 Å². The maximum atomic E-state index is 14.2. The van der Waals surface area contributed by atoms with E-state index in [0.29, 0.717) is 28.3 Å². The topological polar surface area (TPSA) is 106 Å². The molecule has 7 nitrogen and oxygen atoms in total. The van der Waals surface area contributed by atoms with E-state index in [2.05, 4.69) is 9.71 Å². The van der Waals surface area contributed by atoms with Crippen molar-refractivity contribution in [2.75, 3.05) is 11.8 Å². The largest absolute Gasteiger partial charge is 0.495 e. The van der Waals surface area contributed by atoms with Crippen molar-refractivity contribution in [2.45, 2.75) is 49.5 Å². The first-order valence-electron chi connectivity index (χ1n) is 11.0. The molecule has 36 heavy (non-hydrogen) atoms. The maximum absolute atomic E-state index is 14.2. The second-order valence-electron chi connectivity index (χ2n) is 8.58. The number of hydrogen-bond acceptors (Lipinski definition) is 6. The van der Waals surface area contributed by atoms with Crippen LogP contribution in [0.1, 0.15) is 52.4 Å². The van der Waals surface area contributed by atoms with Crippen molar-refractivity contribution in [3.8, 4) is 16.3 Å². The minimum atomic E-state index is -4.27. The number of hydrogen-bond donors (Lipinski definition) is 2. The number of carboxylic acids is 1. The van der Waals surface area contributed by atoms with Crippen molar-refractivity contribution in [3.05, 3.63) is 58.2 Å². The molecule has 1 aliphatic carbocycles. The highest BCUT2D eigenvalue weighted by Gasteiger charge is 2.35. The zero-order valence-corrected chi connectivity index (χ0v) is 21.0. The number of methoxy groups -OCH3 is 1. The van der Waals surface area contributed by atoms with Gasteiger partial charge in [-0.1, -0.05) is 24.3 Å². The average molecular weight is 541 g/mol. The predicted molar refractivity (Wildman–Crippen MR) is 129 cm³/mol. The number of halogens is 3. The third-order valence-electron chi connectivity index (χ3n) is 6.12. The summed E-state index contributed by atoms with van der Waals surface area (Å²) in [6, 6.07) is 8.90. The van der Waals surface area contributed by atoms with Crippen LogP contribution in [0.4, 0.5) is 18.9 Å². The normalized spacial score (nSPS) is 16.0. The molecule has 3 aromatic rings. The molecule has 0 saturated heterocycles. The van der Waals surface area contributed by atoms with Crippen LogP contribution in [0.2, 0.25) is 0 Å². The van der Waals surface area contributed by atoms with E-state index in [-0.39, 0.29) is 35.2 Å². The van der Waals surface area contributed by atoms with Gasteiger partial charge in [0.1, 0.15) is 16.6 Å². The van der Waals surface area contributed by atoms with Crippen LogP contribution in [-0.2, 0) is 10.0 Å². The number of ether oxygens (including phenoxy) is 1. The zero-order chi connectivity index (χ0) is 26.3. The lowest BCUT2D eigenvalue weighted by atomic mass is 9.82. The quantitative estimate of drug-likeness (QED) is 0.378. The van der Waals surface area contributed by atoms with Crippen LogP contribution in [0.5, 0.6) is 5.75 Å². The molecule has 1 aromatic heterocycles. The molecule has 192 valence electrons. The van der Waals surface area contributed by atoms with Crippen molar-refractivity contribution in [1.82, 2.24) is 4.98 Å². The van der Waals surface area contributed by atoms with Crippen molar-refractivity contribution < 1.29 is 36.2 Å². The second-order valence-corrected chi connectivity index (χ2v) is 11.4. The number of aromatic carboxylic acids is 1. The van der Waals surface area contributed by atoms with Crippen LogP contribution in [0.15, 0.2) is 41.4 Å². The number of anilines is 1. The monoisotopic (exact) mass is 540 g/mol. The Morgan fingerprint density at radius 3 is 2.42 bits per heavy atom. The van der Waals surface area contributed by atoms with Crippen LogP contribution in [-0.4, -0.2) is 37.5 Å². The van der Waals surface area contributed by atoms with Gasteiger partial charge in [0.15, 0.2) is 5.03 Å². The van der Waals surface area contributed by atoms with E-state index in [9.17, 15) is 26.4 Å². The van der Waals surface area contributed by atoms with Crippen molar-refractivity contribution in [3.63, 3.8) is 0 Å². The van der Waals surface area contributed by atoms with Gasteiger partial charge in [-0.05, 0) is 37.3 Å². The summed E-state index contributed by atoms with van der Waals surface area (Å²) in [5.41, 5.74) is 0.698. The number of carbonyl (C=O) groups is 1. The molecular weight excluding hydrogens is 517 g/mol. The summed E-state index contributed by atoms with van der Waals surface area (Å²) < 4.78 is 74.5. The van der Waals surface area contributed by atoms with Crippen LogP contribution in [0.25, 0.3) is 10.6 Å². The molecule has 0 aliphatic heterocycles. The van der Waals surface area contributed by atoms with Gasteiger partial charge in [-0.2, -0.15) is 8.42 Å². The van der Waals surface area contributed by atoms with E-state index in [4.69, 9.17) is 9.84 Å². The standard InChI is InChI=1S/C24H23F3N2O5S2/c1-13-22(36(32,33)29-19-12-18(25)17(23(30)31)11-20(19)34-2)28-21(35-13)16-5-3-14(4-6-16)15-7-9-24(26,27)10-8-15/h3-6,11-12,15,29H,7-10H2,1-2H3,(H,30,31). The molecule has 4 rings (SSSR count). The van der Waals surface area contributed by atoms with Gasteiger partial charge in [-0.25, -0.2) is 22.9 Å². The molecule has 0 unspecified atom stereocenters. The summed E-state index contributed by atoms with van der Waals surface area (Å²) >= 11 is 1.15. The molecule has 1 saturated carbocycles. The van der Waals surface area contributed by atoms with Gasteiger partial charge in [0, 0.05) is 29.3 Å². The highest BCUT2D eigenvalue weighted by molar-refractivity contribution is 7.92. The fourth-order valence-corrected chi connectivity index (χ4v) is 6.65. The number of nitrogens with one attached hydrogen (secondary N) is 1. The fraction of sp³-hybridized carbons (Fsp3) is 0.333. The summed E-state index contributed by atoms with van der Waals surface area (Å²) in [4.78, 5) is 15.8. The maximum Gasteiger partial charge on any atom is 0.338 e. The first-order valence-corrected chi connectivity index (χ1v) is 13.3. The summed E-state index contributed by atoms with van der Waals surface area (Å²) in [5.74, 6) is -5.36. The molecule has 1 heterocycles. The molecule has 0 atom stereocenters. The van der Waals surface area contributed by atoms with Crippen molar-refractivity contribution >= 4 is 33.0 Å². The summed E-state index contributed by atoms with van der Waals surface area (Å²) in [5, 5.41) is 9.25. The van der Waals surface area contributed by atoms with Crippen LogP contribution < -0.4 is 9.46 Å². The first-order chi connectivity index (χ1) is 16.9. The Kier molecular flexibility index (Phi) is 7.02. The van der Waals surface area contributed by atoms with E-state index in [0.717, 1.165) is 29.0 Å². The lowest BCUT2D eigenvalue weighted by Crippen LogP contribution is -2.23. The highest BCUT2D eigenvalue weighted by atomic mass is 32.2. The number of sulfonamides is 1. The van der Waals surface area contributed by atoms with E-state index < -0.39 is 33.3 Å². The van der Waals surface area contributed by atoms with Crippen LogP contribution in [0, 0.1) is 12.7 Å². The summed E-state index contributed by atoms with van der Waals surface area (Å²) in [7, 11) is -3.07. The van der Waals surface area contributed by atoms with Gasteiger partial charge in [-0.15, -0.1) is 11.3 Å². The van der Waals surface area contributed by atoms with E-state index in [1.807, 2.05) is 12.1 Å². The fourth-order valence-electron chi connectivity index (χ4n) is 4.19.